The van der Waals surface area contributed by atoms with Crippen LogP contribution >= 0.6 is 11.3 Å². The molecule has 31 heavy (non-hydrogen) atoms. The number of carbonyl (C=O) groups excluding carboxylic acids is 3. The van der Waals surface area contributed by atoms with Crippen molar-refractivity contribution in [2.24, 2.45) is 0 Å². The van der Waals surface area contributed by atoms with E-state index < -0.39 is 34.6 Å². The molecule has 2 fully saturated rings. The monoisotopic (exact) mass is 476 g/mol. The topological polar surface area (TPSA) is 144 Å². The molecule has 2 atom stereocenters. The lowest BCUT2D eigenvalue weighted by Gasteiger charge is -2.37. The van der Waals surface area contributed by atoms with E-state index in [1.807, 2.05) is 4.90 Å². The highest BCUT2D eigenvalue weighted by atomic mass is 32.2. The van der Waals surface area contributed by atoms with Gasteiger partial charge in [0.15, 0.2) is 5.13 Å². The van der Waals surface area contributed by atoms with Crippen molar-refractivity contribution in [3.63, 3.8) is 0 Å². The van der Waals surface area contributed by atoms with E-state index in [2.05, 4.69) is 10.3 Å². The van der Waals surface area contributed by atoms with Crippen molar-refractivity contribution < 1.29 is 36.5 Å². The average molecular weight is 477 g/mol. The molecule has 1 aromatic heterocycles. The number of likely N-dealkylation sites (tertiary alicyclic amines) is 1. The van der Waals surface area contributed by atoms with Crippen LogP contribution in [0.3, 0.4) is 0 Å². The minimum Gasteiger partial charge on any atom is -0.426 e. The molecule has 2 aliphatic rings. The van der Waals surface area contributed by atoms with Gasteiger partial charge in [0.1, 0.15) is 11.8 Å². The molecule has 0 spiro atoms. The molecule has 1 unspecified atom stereocenters. The second kappa shape index (κ2) is 9.36. The Bertz CT molecular complexity index is 944. The summed E-state index contributed by atoms with van der Waals surface area (Å²) >= 11 is 1.28. The number of amides is 2. The summed E-state index contributed by atoms with van der Waals surface area (Å²) in [7, 11) is -3.50. The molecule has 0 aromatic carbocycles. The van der Waals surface area contributed by atoms with Gasteiger partial charge >= 0.3 is 12.1 Å². The van der Waals surface area contributed by atoms with Gasteiger partial charge in [-0.25, -0.2) is 9.78 Å². The maximum Gasteiger partial charge on any atom is 0.412 e. The van der Waals surface area contributed by atoms with Gasteiger partial charge in [0.2, 0.25) is 6.29 Å². The van der Waals surface area contributed by atoms with Crippen LogP contribution in [0.25, 0.3) is 0 Å². The van der Waals surface area contributed by atoms with Crippen molar-refractivity contribution in [1.82, 2.24) is 15.2 Å². The van der Waals surface area contributed by atoms with Crippen molar-refractivity contribution in [3.8, 4) is 0 Å². The Hall–Kier alpha value is -2.45. The molecule has 14 heteroatoms. The SMILES string of the molecule is CC(=O)OC(C)OC(=O)N1CC[C@@H](NC(=O)c2csc(N3CC(OS(C)(=O)=O)C3)n2)C1. The van der Waals surface area contributed by atoms with Crippen LogP contribution in [0.1, 0.15) is 30.8 Å². The third-order valence-electron chi connectivity index (χ3n) is 4.53. The number of aromatic nitrogens is 1. The Morgan fingerprint density at radius 3 is 2.61 bits per heavy atom. The Morgan fingerprint density at radius 2 is 1.97 bits per heavy atom. The number of nitrogens with zero attached hydrogens (tertiary/aromatic N) is 3. The van der Waals surface area contributed by atoms with Gasteiger partial charge in [0.25, 0.3) is 16.0 Å². The molecule has 3 heterocycles. The maximum absolute atomic E-state index is 12.5. The minimum absolute atomic E-state index is 0.247. The quantitative estimate of drug-likeness (QED) is 0.328. The fraction of sp³-hybridized carbons (Fsp3) is 0.647. The van der Waals surface area contributed by atoms with Crippen molar-refractivity contribution in [2.75, 3.05) is 37.3 Å². The molecule has 3 rings (SSSR count). The van der Waals surface area contributed by atoms with E-state index in [1.54, 1.807) is 5.38 Å². The zero-order valence-electron chi connectivity index (χ0n) is 17.3. The molecular formula is C17H24N4O8S2. The first kappa shape index (κ1) is 23.2. The lowest BCUT2D eigenvalue weighted by atomic mass is 10.2. The molecular weight excluding hydrogens is 452 g/mol. The summed E-state index contributed by atoms with van der Waals surface area (Å²) in [6, 6.07) is -0.259. The summed E-state index contributed by atoms with van der Waals surface area (Å²) in [5.74, 6) is -0.911. The number of ether oxygens (including phenoxy) is 2. The molecule has 2 aliphatic heterocycles. The second-order valence-electron chi connectivity index (χ2n) is 7.31. The predicted molar refractivity (Wildman–Crippen MR) is 109 cm³/mol. The number of hydrogen-bond donors (Lipinski definition) is 1. The highest BCUT2D eigenvalue weighted by molar-refractivity contribution is 7.86. The van der Waals surface area contributed by atoms with Crippen molar-refractivity contribution >= 4 is 44.6 Å². The van der Waals surface area contributed by atoms with E-state index >= 15 is 0 Å². The summed E-state index contributed by atoms with van der Waals surface area (Å²) in [5.41, 5.74) is 0.247. The molecule has 0 aliphatic carbocycles. The van der Waals surface area contributed by atoms with Crippen molar-refractivity contribution in [1.29, 1.82) is 0 Å². The molecule has 1 aromatic rings. The summed E-state index contributed by atoms with van der Waals surface area (Å²) in [6.07, 6.45) is -0.465. The van der Waals surface area contributed by atoms with Crippen LogP contribution in [0.4, 0.5) is 9.93 Å². The standard InChI is InChI=1S/C17H24N4O8S2/c1-10(22)27-11(2)28-17(24)20-5-4-12(6-20)18-15(23)14-9-30-16(19-14)21-7-13(8-21)29-31(3,25)26/h9,11-13H,4-8H2,1-3H3,(H,18,23)/t11?,12-/m1/s1. The summed E-state index contributed by atoms with van der Waals surface area (Å²) < 4.78 is 37.0. The van der Waals surface area contributed by atoms with E-state index in [0.717, 1.165) is 6.26 Å². The van der Waals surface area contributed by atoms with E-state index in [9.17, 15) is 22.8 Å². The highest BCUT2D eigenvalue weighted by Crippen LogP contribution is 2.27. The zero-order chi connectivity index (χ0) is 22.8. The van der Waals surface area contributed by atoms with Gasteiger partial charge in [-0.05, 0) is 6.42 Å². The van der Waals surface area contributed by atoms with Crippen molar-refractivity contribution in [2.45, 2.75) is 38.7 Å². The normalized spacial score (nSPS) is 20.2. The van der Waals surface area contributed by atoms with E-state index in [4.69, 9.17) is 13.7 Å². The molecule has 0 saturated carbocycles. The van der Waals surface area contributed by atoms with Gasteiger partial charge in [-0.1, -0.05) is 0 Å². The fourth-order valence-electron chi connectivity index (χ4n) is 3.19. The minimum atomic E-state index is -3.50. The van der Waals surface area contributed by atoms with Crippen molar-refractivity contribution in [3.05, 3.63) is 11.1 Å². The fourth-order valence-corrected chi connectivity index (χ4v) is 4.64. The van der Waals surface area contributed by atoms with Crippen LogP contribution in [0.5, 0.6) is 0 Å². The van der Waals surface area contributed by atoms with Gasteiger partial charge in [-0.15, -0.1) is 11.3 Å². The smallest absolute Gasteiger partial charge is 0.412 e. The molecule has 172 valence electrons. The first-order valence-corrected chi connectivity index (χ1v) is 12.2. The number of rotatable bonds is 7. The number of hydrogen-bond acceptors (Lipinski definition) is 11. The predicted octanol–water partition coefficient (Wildman–Crippen LogP) is 0.158. The van der Waals surface area contributed by atoms with Gasteiger partial charge in [-0.2, -0.15) is 8.42 Å². The van der Waals surface area contributed by atoms with Crippen LogP contribution in [-0.4, -0.2) is 87.1 Å². The lowest BCUT2D eigenvalue weighted by Crippen LogP contribution is -2.53. The summed E-state index contributed by atoms with van der Waals surface area (Å²) in [5, 5.41) is 5.07. The van der Waals surface area contributed by atoms with E-state index in [0.29, 0.717) is 31.2 Å². The first-order valence-electron chi connectivity index (χ1n) is 9.52. The van der Waals surface area contributed by atoms with Gasteiger partial charge in [0, 0.05) is 51.4 Å². The highest BCUT2D eigenvalue weighted by Gasteiger charge is 2.33. The summed E-state index contributed by atoms with van der Waals surface area (Å²) in [4.78, 5) is 43.0. The van der Waals surface area contributed by atoms with E-state index in [-0.39, 0.29) is 24.2 Å². The number of carbonyl (C=O) groups is 3. The van der Waals surface area contributed by atoms with Gasteiger partial charge < -0.3 is 24.6 Å². The second-order valence-corrected chi connectivity index (χ2v) is 9.75. The van der Waals surface area contributed by atoms with Crippen LogP contribution in [-0.2, 0) is 28.6 Å². The molecule has 12 nitrogen and oxygen atoms in total. The van der Waals surface area contributed by atoms with Gasteiger partial charge in [0.05, 0.1) is 6.26 Å². The van der Waals surface area contributed by atoms with Crippen LogP contribution in [0, 0.1) is 0 Å². The Balaban J connectivity index is 1.44. The summed E-state index contributed by atoms with van der Waals surface area (Å²) in [6.45, 7) is 4.10. The number of thiazole rings is 1. The molecule has 1 N–H and O–H groups in total. The van der Waals surface area contributed by atoms with Crippen LogP contribution < -0.4 is 10.2 Å². The molecule has 2 saturated heterocycles. The zero-order valence-corrected chi connectivity index (χ0v) is 18.9. The lowest BCUT2D eigenvalue weighted by molar-refractivity contribution is -0.163. The van der Waals surface area contributed by atoms with Gasteiger partial charge in [-0.3, -0.25) is 13.8 Å². The Labute approximate surface area is 183 Å². The third kappa shape index (κ3) is 6.51. The maximum atomic E-state index is 12.5. The average Bonchev–Trinajstić information content (AvgIpc) is 3.25. The number of nitrogens with one attached hydrogen (secondary N) is 1. The molecule has 2 amide bonds. The van der Waals surface area contributed by atoms with Crippen LogP contribution in [0.2, 0.25) is 0 Å². The molecule has 0 bridgehead atoms. The third-order valence-corrected chi connectivity index (χ3v) is 6.06. The van der Waals surface area contributed by atoms with E-state index in [1.165, 1.54) is 30.1 Å². The Morgan fingerprint density at radius 1 is 1.26 bits per heavy atom. The Kier molecular flexibility index (Phi) is 7.01. The first-order chi connectivity index (χ1) is 14.5. The molecule has 0 radical (unpaired) electrons. The largest absolute Gasteiger partial charge is 0.426 e. The van der Waals surface area contributed by atoms with Crippen LogP contribution in [0.15, 0.2) is 5.38 Å². The number of esters is 1. The number of anilines is 1.